The standard InChI is InChI=1S/C58H41NSi/c1-57(2)45-22-8-10-24-47(45)58(48-25-11-9-23-46(48)57)49-26-12-14-28-51(49)59(52-29-15-13-27-50(52)58)40-33-34-43-41-20-6-16-30-53(41)60(56(43)37-40)54-31-17-7-21-42(54)44-36-39(32-35-55(44)60)38-18-4-3-5-19-38/h3-37H,1-2H3. The van der Waals surface area contributed by atoms with Crippen molar-refractivity contribution in [3.05, 3.63) is 246 Å². The van der Waals surface area contributed by atoms with Gasteiger partial charge < -0.3 is 4.90 Å². The third kappa shape index (κ3) is 4.07. The van der Waals surface area contributed by atoms with Gasteiger partial charge in [0.1, 0.15) is 0 Å². The molecule has 0 radical (unpaired) electrons. The summed E-state index contributed by atoms with van der Waals surface area (Å²) in [6, 6.07) is 81.1. The van der Waals surface area contributed by atoms with E-state index < -0.39 is 13.5 Å². The largest absolute Gasteiger partial charge is 0.310 e. The lowest BCUT2D eigenvalue weighted by Crippen LogP contribution is -2.70. The minimum Gasteiger partial charge on any atom is -0.310 e. The van der Waals surface area contributed by atoms with Crippen molar-refractivity contribution in [2.24, 2.45) is 0 Å². The number of para-hydroxylation sites is 2. The molecule has 2 spiro atoms. The van der Waals surface area contributed by atoms with Crippen molar-refractivity contribution in [1.29, 1.82) is 0 Å². The van der Waals surface area contributed by atoms with Crippen LogP contribution in [0.1, 0.15) is 47.2 Å². The maximum Gasteiger partial charge on any atom is 0.182 e. The van der Waals surface area contributed by atoms with Crippen LogP contribution in [0.3, 0.4) is 0 Å². The highest BCUT2D eigenvalue weighted by atomic mass is 28.3. The second-order valence-corrected chi connectivity index (χ2v) is 21.2. The number of fused-ring (bicyclic) bond motifs is 18. The molecule has 1 unspecified atom stereocenters. The van der Waals surface area contributed by atoms with Gasteiger partial charge in [0.05, 0.1) is 16.8 Å². The topological polar surface area (TPSA) is 3.24 Å². The summed E-state index contributed by atoms with van der Waals surface area (Å²) >= 11 is 0. The third-order valence-corrected chi connectivity index (χ3v) is 19.5. The predicted molar refractivity (Wildman–Crippen MR) is 252 cm³/mol. The maximum atomic E-state index is 2.59. The molecule has 0 bridgehead atoms. The van der Waals surface area contributed by atoms with E-state index in [-0.39, 0.29) is 5.41 Å². The summed E-state index contributed by atoms with van der Waals surface area (Å²) in [6.07, 6.45) is 0. The second-order valence-electron chi connectivity index (χ2n) is 17.5. The molecular formula is C58H41NSi. The highest BCUT2D eigenvalue weighted by molar-refractivity contribution is 7.24. The van der Waals surface area contributed by atoms with Gasteiger partial charge in [-0.3, -0.25) is 0 Å². The van der Waals surface area contributed by atoms with Gasteiger partial charge in [0.2, 0.25) is 0 Å². The summed E-state index contributed by atoms with van der Waals surface area (Å²) in [5, 5.41) is 5.95. The van der Waals surface area contributed by atoms with Gasteiger partial charge in [-0.05, 0) is 118 Å². The molecule has 1 atom stereocenters. The number of anilines is 3. The number of hydrogen-bond donors (Lipinski definition) is 0. The van der Waals surface area contributed by atoms with Crippen LogP contribution in [0, 0.1) is 0 Å². The van der Waals surface area contributed by atoms with Gasteiger partial charge in [-0.1, -0.05) is 196 Å². The molecule has 3 heterocycles. The zero-order valence-corrected chi connectivity index (χ0v) is 34.7. The van der Waals surface area contributed by atoms with Crippen LogP contribution >= 0.6 is 0 Å². The Labute approximate surface area is 352 Å². The normalized spacial score (nSPS) is 17.5. The highest BCUT2D eigenvalue weighted by Crippen LogP contribution is 2.62. The lowest BCUT2D eigenvalue weighted by Gasteiger charge is -2.52. The fourth-order valence-electron chi connectivity index (χ4n) is 12.2. The van der Waals surface area contributed by atoms with Crippen LogP contribution in [0.25, 0.3) is 33.4 Å². The third-order valence-electron chi connectivity index (χ3n) is 14.5. The van der Waals surface area contributed by atoms with Crippen LogP contribution in [-0.2, 0) is 10.8 Å². The molecule has 0 saturated carbocycles. The van der Waals surface area contributed by atoms with Crippen molar-refractivity contribution in [3.8, 4) is 33.4 Å². The van der Waals surface area contributed by atoms with E-state index in [9.17, 15) is 0 Å². The molecule has 4 aliphatic rings. The first kappa shape index (κ1) is 33.9. The van der Waals surface area contributed by atoms with Gasteiger partial charge in [0.15, 0.2) is 8.07 Å². The Morgan fingerprint density at radius 2 is 0.800 bits per heavy atom. The first-order chi connectivity index (χ1) is 29.5. The van der Waals surface area contributed by atoms with E-state index in [1.54, 1.807) is 0 Å². The molecule has 9 aromatic carbocycles. The van der Waals surface area contributed by atoms with Crippen molar-refractivity contribution < 1.29 is 0 Å². The summed E-state index contributed by atoms with van der Waals surface area (Å²) < 4.78 is 0. The second kappa shape index (κ2) is 12.0. The Morgan fingerprint density at radius 3 is 1.42 bits per heavy atom. The number of benzene rings is 9. The highest BCUT2D eigenvalue weighted by Gasteiger charge is 2.56. The SMILES string of the molecule is CC1(C)c2ccccc2C2(c3ccccc3N(c3ccc4c(c3)[Si]3(c5ccccc5-c5cc(-c6ccccc6)ccc53)c3ccccc3-4)c3ccccc32)c2ccccc21. The van der Waals surface area contributed by atoms with Gasteiger partial charge in [-0.15, -0.1) is 0 Å². The lowest BCUT2D eigenvalue weighted by atomic mass is 9.53. The van der Waals surface area contributed by atoms with Gasteiger partial charge in [-0.25, -0.2) is 0 Å². The Morgan fingerprint density at radius 1 is 0.333 bits per heavy atom. The summed E-state index contributed by atoms with van der Waals surface area (Å²) in [6.45, 7) is 4.79. The van der Waals surface area contributed by atoms with E-state index in [4.69, 9.17) is 0 Å². The Hall–Kier alpha value is -7.00. The maximum absolute atomic E-state index is 2.73. The summed E-state index contributed by atoms with van der Waals surface area (Å²) in [5.41, 5.74) is 19.2. The Kier molecular flexibility index (Phi) is 6.80. The Balaban J connectivity index is 1.08. The molecule has 1 nitrogen and oxygen atoms in total. The fourth-order valence-corrected chi connectivity index (χ4v) is 17.8. The van der Waals surface area contributed by atoms with E-state index >= 15 is 0 Å². The Bertz CT molecular complexity index is 3170. The van der Waals surface area contributed by atoms with Crippen LogP contribution in [0.2, 0.25) is 0 Å². The van der Waals surface area contributed by atoms with Crippen LogP contribution in [0.4, 0.5) is 17.1 Å². The van der Waals surface area contributed by atoms with E-state index in [1.165, 1.54) is 105 Å². The number of nitrogens with zero attached hydrogens (tertiary/aromatic N) is 1. The zero-order valence-electron chi connectivity index (χ0n) is 33.7. The molecule has 0 amide bonds. The molecule has 2 heteroatoms. The molecule has 3 aliphatic heterocycles. The molecule has 0 aromatic heterocycles. The van der Waals surface area contributed by atoms with Gasteiger partial charge in [-0.2, -0.15) is 0 Å². The van der Waals surface area contributed by atoms with Crippen molar-refractivity contribution in [1.82, 2.24) is 0 Å². The van der Waals surface area contributed by atoms with Gasteiger partial charge in [0, 0.05) is 11.1 Å². The summed E-state index contributed by atoms with van der Waals surface area (Å²) in [5.74, 6) is 0. The first-order valence-corrected chi connectivity index (χ1v) is 23.3. The van der Waals surface area contributed by atoms with E-state index in [0.29, 0.717) is 0 Å². The average Bonchev–Trinajstić information content (AvgIpc) is 3.77. The van der Waals surface area contributed by atoms with Crippen molar-refractivity contribution >= 4 is 45.9 Å². The first-order valence-electron chi connectivity index (χ1n) is 21.3. The average molecular weight is 780 g/mol. The van der Waals surface area contributed by atoms with E-state index in [0.717, 1.165) is 0 Å². The quantitative estimate of drug-likeness (QED) is 0.158. The monoisotopic (exact) mass is 779 g/mol. The van der Waals surface area contributed by atoms with Crippen molar-refractivity contribution in [3.63, 3.8) is 0 Å². The number of rotatable bonds is 2. The number of hydrogen-bond acceptors (Lipinski definition) is 1. The minimum absolute atomic E-state index is 0.150. The molecule has 0 N–H and O–H groups in total. The van der Waals surface area contributed by atoms with Crippen LogP contribution in [0.5, 0.6) is 0 Å². The zero-order chi connectivity index (χ0) is 39.8. The molecule has 9 aromatic rings. The molecular weight excluding hydrogens is 739 g/mol. The lowest BCUT2D eigenvalue weighted by molar-refractivity contribution is 0.556. The molecule has 60 heavy (non-hydrogen) atoms. The van der Waals surface area contributed by atoms with Crippen LogP contribution in [-0.4, -0.2) is 8.07 Å². The molecule has 0 saturated heterocycles. The summed E-state index contributed by atoms with van der Waals surface area (Å²) in [4.78, 5) is 2.58. The molecule has 13 rings (SSSR count). The van der Waals surface area contributed by atoms with Crippen molar-refractivity contribution in [2.45, 2.75) is 24.7 Å². The van der Waals surface area contributed by atoms with E-state index in [1.807, 2.05) is 0 Å². The molecule has 0 fully saturated rings. The van der Waals surface area contributed by atoms with Gasteiger partial charge in [0.25, 0.3) is 0 Å². The molecule has 282 valence electrons. The summed E-state index contributed by atoms with van der Waals surface area (Å²) in [7, 11) is -2.73. The van der Waals surface area contributed by atoms with Crippen LogP contribution < -0.4 is 25.6 Å². The molecule has 1 aliphatic carbocycles. The van der Waals surface area contributed by atoms with Crippen molar-refractivity contribution in [2.75, 3.05) is 4.90 Å². The fraction of sp³-hybridized carbons (Fsp3) is 0.0690. The van der Waals surface area contributed by atoms with Gasteiger partial charge >= 0.3 is 0 Å². The van der Waals surface area contributed by atoms with Crippen LogP contribution in [0.15, 0.2) is 212 Å². The minimum atomic E-state index is -2.73. The smallest absolute Gasteiger partial charge is 0.182 e. The predicted octanol–water partition coefficient (Wildman–Crippen LogP) is 11.5. The van der Waals surface area contributed by atoms with E-state index in [2.05, 4.69) is 231 Å².